The number of nitrogens with two attached hydrogens (primary N) is 1. The molecule has 0 aromatic rings. The van der Waals surface area contributed by atoms with Crippen LogP contribution >= 0.6 is 0 Å². The molecule has 0 saturated heterocycles. The predicted octanol–water partition coefficient (Wildman–Crippen LogP) is -0.142. The SMILES string of the molecule is CC(C)C(CN)C(=O)NC1(CO)CC1. The molecule has 0 heterocycles. The second-order valence-electron chi connectivity index (χ2n) is 4.51. The average Bonchev–Trinajstić information content (AvgIpc) is 2.86. The maximum atomic E-state index is 11.7. The number of hydrogen-bond acceptors (Lipinski definition) is 3. The zero-order valence-corrected chi connectivity index (χ0v) is 8.92. The second-order valence-corrected chi connectivity index (χ2v) is 4.51. The molecule has 4 heteroatoms. The van der Waals surface area contributed by atoms with Crippen LogP contribution in [-0.2, 0) is 4.79 Å². The molecule has 0 aromatic heterocycles. The maximum absolute atomic E-state index is 11.7. The van der Waals surface area contributed by atoms with E-state index in [1.54, 1.807) is 0 Å². The van der Waals surface area contributed by atoms with Crippen molar-refractivity contribution in [3.05, 3.63) is 0 Å². The summed E-state index contributed by atoms with van der Waals surface area (Å²) in [5.74, 6) is 0.0857. The Bertz CT molecular complexity index is 212. The van der Waals surface area contributed by atoms with E-state index in [4.69, 9.17) is 10.8 Å². The number of aliphatic hydroxyl groups excluding tert-OH is 1. The summed E-state index contributed by atoms with van der Waals surface area (Å²) in [4.78, 5) is 11.7. The zero-order chi connectivity index (χ0) is 10.8. The number of rotatable bonds is 5. The molecule has 1 saturated carbocycles. The molecule has 1 unspecified atom stereocenters. The Morgan fingerprint density at radius 2 is 2.14 bits per heavy atom. The van der Waals surface area contributed by atoms with Gasteiger partial charge in [0.25, 0.3) is 0 Å². The van der Waals surface area contributed by atoms with Crippen LogP contribution in [0.1, 0.15) is 26.7 Å². The molecule has 1 fully saturated rings. The van der Waals surface area contributed by atoms with Crippen LogP contribution in [-0.4, -0.2) is 29.7 Å². The first kappa shape index (κ1) is 11.5. The van der Waals surface area contributed by atoms with Gasteiger partial charge in [0, 0.05) is 6.54 Å². The molecule has 0 aliphatic heterocycles. The fraction of sp³-hybridized carbons (Fsp3) is 0.900. The van der Waals surface area contributed by atoms with Gasteiger partial charge in [-0.05, 0) is 18.8 Å². The number of carbonyl (C=O) groups excluding carboxylic acids is 1. The monoisotopic (exact) mass is 200 g/mol. The second kappa shape index (κ2) is 4.28. The fourth-order valence-corrected chi connectivity index (χ4v) is 1.51. The Balaban J connectivity index is 2.48. The summed E-state index contributed by atoms with van der Waals surface area (Å²) in [6.45, 7) is 4.37. The minimum Gasteiger partial charge on any atom is -0.394 e. The zero-order valence-electron chi connectivity index (χ0n) is 8.92. The lowest BCUT2D eigenvalue weighted by Gasteiger charge is -2.22. The van der Waals surface area contributed by atoms with Crippen molar-refractivity contribution in [1.82, 2.24) is 5.32 Å². The van der Waals surface area contributed by atoms with Gasteiger partial charge in [-0.3, -0.25) is 4.79 Å². The van der Waals surface area contributed by atoms with Crippen molar-refractivity contribution in [2.45, 2.75) is 32.2 Å². The first-order valence-corrected chi connectivity index (χ1v) is 5.17. The van der Waals surface area contributed by atoms with E-state index in [-0.39, 0.29) is 29.9 Å². The van der Waals surface area contributed by atoms with Gasteiger partial charge in [-0.2, -0.15) is 0 Å². The van der Waals surface area contributed by atoms with Crippen LogP contribution in [0, 0.1) is 11.8 Å². The smallest absolute Gasteiger partial charge is 0.225 e. The Kier molecular flexibility index (Phi) is 3.50. The van der Waals surface area contributed by atoms with E-state index < -0.39 is 0 Å². The van der Waals surface area contributed by atoms with Crippen molar-refractivity contribution in [3.8, 4) is 0 Å². The molecule has 0 bridgehead atoms. The first-order chi connectivity index (χ1) is 6.54. The van der Waals surface area contributed by atoms with Crippen LogP contribution in [0.4, 0.5) is 0 Å². The standard InChI is InChI=1S/C10H20N2O2/c1-7(2)8(5-11)9(14)12-10(6-13)3-4-10/h7-8,13H,3-6,11H2,1-2H3,(H,12,14). The van der Waals surface area contributed by atoms with E-state index >= 15 is 0 Å². The minimum atomic E-state index is -0.320. The van der Waals surface area contributed by atoms with Gasteiger partial charge in [-0.1, -0.05) is 13.8 Å². The highest BCUT2D eigenvalue weighted by Gasteiger charge is 2.44. The molecule has 82 valence electrons. The van der Waals surface area contributed by atoms with Crippen molar-refractivity contribution in [2.24, 2.45) is 17.6 Å². The first-order valence-electron chi connectivity index (χ1n) is 5.17. The van der Waals surface area contributed by atoms with Crippen molar-refractivity contribution in [1.29, 1.82) is 0 Å². The summed E-state index contributed by atoms with van der Waals surface area (Å²) in [6.07, 6.45) is 1.76. The molecule has 1 amide bonds. The molecule has 0 spiro atoms. The molecule has 1 atom stereocenters. The van der Waals surface area contributed by atoms with Crippen LogP contribution in [0.25, 0.3) is 0 Å². The van der Waals surface area contributed by atoms with Gasteiger partial charge >= 0.3 is 0 Å². The molecule has 1 aliphatic rings. The van der Waals surface area contributed by atoms with Crippen molar-refractivity contribution in [3.63, 3.8) is 0 Å². The Morgan fingerprint density at radius 1 is 1.57 bits per heavy atom. The highest BCUT2D eigenvalue weighted by molar-refractivity contribution is 5.80. The topological polar surface area (TPSA) is 75.4 Å². The summed E-state index contributed by atoms with van der Waals surface area (Å²) >= 11 is 0. The Morgan fingerprint density at radius 3 is 2.43 bits per heavy atom. The summed E-state index contributed by atoms with van der Waals surface area (Å²) in [5.41, 5.74) is 5.21. The third kappa shape index (κ3) is 2.45. The van der Waals surface area contributed by atoms with E-state index in [9.17, 15) is 4.79 Å². The third-order valence-electron chi connectivity index (χ3n) is 2.94. The van der Waals surface area contributed by atoms with Gasteiger partial charge in [0.1, 0.15) is 0 Å². The molecule has 4 nitrogen and oxygen atoms in total. The fourth-order valence-electron chi connectivity index (χ4n) is 1.51. The lowest BCUT2D eigenvalue weighted by Crippen LogP contribution is -2.46. The Hall–Kier alpha value is -0.610. The lowest BCUT2D eigenvalue weighted by atomic mass is 9.95. The average molecular weight is 200 g/mol. The van der Waals surface area contributed by atoms with E-state index in [2.05, 4.69) is 5.32 Å². The van der Waals surface area contributed by atoms with Gasteiger partial charge in [0.2, 0.25) is 5.91 Å². The number of nitrogens with one attached hydrogen (secondary N) is 1. The third-order valence-corrected chi connectivity index (χ3v) is 2.94. The van der Waals surface area contributed by atoms with Crippen LogP contribution in [0.5, 0.6) is 0 Å². The van der Waals surface area contributed by atoms with Crippen molar-refractivity contribution in [2.75, 3.05) is 13.2 Å². The summed E-state index contributed by atoms with van der Waals surface area (Å²) in [7, 11) is 0. The number of aliphatic hydroxyl groups is 1. The molecule has 14 heavy (non-hydrogen) atoms. The van der Waals surface area contributed by atoms with Gasteiger partial charge in [-0.25, -0.2) is 0 Å². The predicted molar refractivity (Wildman–Crippen MR) is 54.6 cm³/mol. The molecule has 0 radical (unpaired) electrons. The van der Waals surface area contributed by atoms with E-state index in [1.165, 1.54) is 0 Å². The number of hydrogen-bond donors (Lipinski definition) is 3. The van der Waals surface area contributed by atoms with Crippen LogP contribution in [0.2, 0.25) is 0 Å². The van der Waals surface area contributed by atoms with Crippen molar-refractivity contribution >= 4 is 5.91 Å². The van der Waals surface area contributed by atoms with Crippen LogP contribution in [0.3, 0.4) is 0 Å². The number of carbonyl (C=O) groups is 1. The van der Waals surface area contributed by atoms with Gasteiger partial charge in [-0.15, -0.1) is 0 Å². The van der Waals surface area contributed by atoms with Gasteiger partial charge in [0.05, 0.1) is 18.1 Å². The molecule has 0 aromatic carbocycles. The normalized spacial score (nSPS) is 20.6. The highest BCUT2D eigenvalue weighted by atomic mass is 16.3. The van der Waals surface area contributed by atoms with Crippen molar-refractivity contribution < 1.29 is 9.90 Å². The highest BCUT2D eigenvalue weighted by Crippen LogP contribution is 2.35. The molecule has 1 rings (SSSR count). The number of amides is 1. The Labute approximate surface area is 84.9 Å². The summed E-state index contributed by atoms with van der Waals surface area (Å²) in [6, 6.07) is 0. The van der Waals surface area contributed by atoms with E-state index in [0.717, 1.165) is 12.8 Å². The lowest BCUT2D eigenvalue weighted by molar-refractivity contribution is -0.127. The van der Waals surface area contributed by atoms with Gasteiger partial charge in [0.15, 0.2) is 0 Å². The molecule has 1 aliphatic carbocycles. The largest absolute Gasteiger partial charge is 0.394 e. The minimum absolute atomic E-state index is 0.0194. The van der Waals surface area contributed by atoms with Gasteiger partial charge < -0.3 is 16.2 Å². The maximum Gasteiger partial charge on any atom is 0.225 e. The summed E-state index contributed by atoms with van der Waals surface area (Å²) in [5, 5.41) is 11.9. The summed E-state index contributed by atoms with van der Waals surface area (Å²) < 4.78 is 0. The van der Waals surface area contributed by atoms with E-state index in [0.29, 0.717) is 6.54 Å². The molecule has 4 N–H and O–H groups in total. The van der Waals surface area contributed by atoms with E-state index in [1.807, 2.05) is 13.8 Å². The van der Waals surface area contributed by atoms with Crippen LogP contribution < -0.4 is 11.1 Å². The van der Waals surface area contributed by atoms with Crippen LogP contribution in [0.15, 0.2) is 0 Å². The molecular formula is C10H20N2O2. The molecular weight excluding hydrogens is 180 g/mol. The quantitative estimate of drug-likeness (QED) is 0.578.